The van der Waals surface area contributed by atoms with Crippen molar-refractivity contribution in [2.45, 2.75) is 32.9 Å². The third-order valence-corrected chi connectivity index (χ3v) is 4.07. The Morgan fingerprint density at radius 1 is 1.00 bits per heavy atom. The van der Waals surface area contributed by atoms with Crippen LogP contribution in [0.1, 0.15) is 42.7 Å². The molecule has 0 saturated carbocycles. The van der Waals surface area contributed by atoms with E-state index in [0.29, 0.717) is 11.3 Å². The molecule has 0 spiro atoms. The lowest BCUT2D eigenvalue weighted by Crippen LogP contribution is -2.31. The molecule has 0 fully saturated rings. The van der Waals surface area contributed by atoms with Gasteiger partial charge >= 0.3 is 5.97 Å². The Labute approximate surface area is 161 Å². The van der Waals surface area contributed by atoms with E-state index in [-0.39, 0.29) is 24.7 Å². The van der Waals surface area contributed by atoms with Crippen LogP contribution in [0.25, 0.3) is 0 Å². The minimum absolute atomic E-state index is 0.0595. The summed E-state index contributed by atoms with van der Waals surface area (Å²) in [5.74, 6) is -0.223. The number of carbonyl (C=O) groups excluding carboxylic acids is 2. The van der Waals surface area contributed by atoms with Crippen LogP contribution in [-0.4, -0.2) is 24.6 Å². The lowest BCUT2D eigenvalue weighted by molar-refractivity contribution is -0.124. The fourth-order valence-electron chi connectivity index (χ4n) is 2.27. The monoisotopic (exact) mass is 419 g/mol. The Balaban J connectivity index is 1.82. The van der Waals surface area contributed by atoms with E-state index in [0.717, 1.165) is 10.0 Å². The third kappa shape index (κ3) is 6.19. The molecule has 6 heteroatoms. The molecule has 0 saturated heterocycles. The summed E-state index contributed by atoms with van der Waals surface area (Å²) in [4.78, 5) is 24.0. The van der Waals surface area contributed by atoms with Gasteiger partial charge in [0.05, 0.1) is 17.7 Å². The number of halogens is 1. The van der Waals surface area contributed by atoms with Crippen LogP contribution in [0.15, 0.2) is 53.0 Å². The molecule has 0 aromatic heterocycles. The smallest absolute Gasteiger partial charge is 0.338 e. The summed E-state index contributed by atoms with van der Waals surface area (Å²) in [6.07, 6.45) is 0.0595. The van der Waals surface area contributed by atoms with Gasteiger partial charge in [0.1, 0.15) is 5.75 Å². The molecule has 138 valence electrons. The zero-order valence-electron chi connectivity index (χ0n) is 15.0. The van der Waals surface area contributed by atoms with Gasteiger partial charge in [0.25, 0.3) is 5.91 Å². The predicted molar refractivity (Wildman–Crippen MR) is 103 cm³/mol. The van der Waals surface area contributed by atoms with Crippen molar-refractivity contribution in [3.05, 3.63) is 64.1 Å². The minimum atomic E-state index is -0.549. The average molecular weight is 420 g/mol. The highest BCUT2D eigenvalue weighted by atomic mass is 79.9. The van der Waals surface area contributed by atoms with Crippen LogP contribution < -0.4 is 10.1 Å². The van der Waals surface area contributed by atoms with Crippen molar-refractivity contribution in [1.29, 1.82) is 0 Å². The van der Waals surface area contributed by atoms with E-state index >= 15 is 0 Å². The molecule has 5 nitrogen and oxygen atoms in total. The van der Waals surface area contributed by atoms with Crippen LogP contribution >= 0.6 is 15.9 Å². The van der Waals surface area contributed by atoms with Crippen molar-refractivity contribution in [3.63, 3.8) is 0 Å². The predicted octanol–water partition coefficient (Wildman–Crippen LogP) is 4.27. The van der Waals surface area contributed by atoms with E-state index in [9.17, 15) is 9.59 Å². The summed E-state index contributed by atoms with van der Waals surface area (Å²) < 4.78 is 11.6. The summed E-state index contributed by atoms with van der Waals surface area (Å²) in [7, 11) is 0. The van der Waals surface area contributed by atoms with E-state index in [4.69, 9.17) is 9.47 Å². The summed E-state index contributed by atoms with van der Waals surface area (Å²) >= 11 is 3.37. The van der Waals surface area contributed by atoms with Crippen molar-refractivity contribution in [2.75, 3.05) is 6.61 Å². The molecule has 0 aliphatic rings. The number of amides is 1. The lowest BCUT2D eigenvalue weighted by atomic mass is 10.1. The van der Waals surface area contributed by atoms with Gasteiger partial charge in [0.2, 0.25) is 0 Å². The Morgan fingerprint density at radius 3 is 2.19 bits per heavy atom. The lowest BCUT2D eigenvalue weighted by Gasteiger charge is -2.14. The second kappa shape index (κ2) is 9.38. The molecule has 26 heavy (non-hydrogen) atoms. The maximum atomic E-state index is 12.0. The van der Waals surface area contributed by atoms with E-state index in [1.807, 2.05) is 45.0 Å². The van der Waals surface area contributed by atoms with Gasteiger partial charge < -0.3 is 14.8 Å². The molecular formula is C20H22BrNO4. The number of hydrogen-bond acceptors (Lipinski definition) is 4. The maximum absolute atomic E-state index is 12.0. The van der Waals surface area contributed by atoms with Crippen LogP contribution in [0.3, 0.4) is 0 Å². The first-order chi connectivity index (χ1) is 12.3. The largest absolute Gasteiger partial charge is 0.491 e. The van der Waals surface area contributed by atoms with Gasteiger partial charge in [-0.3, -0.25) is 4.79 Å². The zero-order valence-corrected chi connectivity index (χ0v) is 16.6. The first-order valence-corrected chi connectivity index (χ1v) is 9.13. The molecule has 0 radical (unpaired) electrons. The zero-order chi connectivity index (χ0) is 19.1. The van der Waals surface area contributed by atoms with Crippen molar-refractivity contribution >= 4 is 27.8 Å². The van der Waals surface area contributed by atoms with Crippen LogP contribution in [0.2, 0.25) is 0 Å². The van der Waals surface area contributed by atoms with Crippen molar-refractivity contribution in [3.8, 4) is 5.75 Å². The molecule has 2 aromatic carbocycles. The standard InChI is InChI=1S/C20H22BrNO4/c1-13(2)26-18-10-6-16(7-11-18)20(24)25-12-19(23)22-14(3)15-4-8-17(21)9-5-15/h4-11,13-14H,12H2,1-3H3,(H,22,23)/t14-/m1/s1. The number of nitrogens with one attached hydrogen (secondary N) is 1. The van der Waals surface area contributed by atoms with Gasteiger partial charge in [-0.15, -0.1) is 0 Å². The topological polar surface area (TPSA) is 64.6 Å². The average Bonchev–Trinajstić information content (AvgIpc) is 2.60. The molecule has 0 unspecified atom stereocenters. The van der Waals surface area contributed by atoms with Gasteiger partial charge in [0.15, 0.2) is 6.61 Å². The highest BCUT2D eigenvalue weighted by molar-refractivity contribution is 9.10. The molecule has 0 aliphatic carbocycles. The van der Waals surface area contributed by atoms with Gasteiger partial charge in [-0.2, -0.15) is 0 Å². The van der Waals surface area contributed by atoms with E-state index in [1.54, 1.807) is 24.3 Å². The van der Waals surface area contributed by atoms with Crippen molar-refractivity contribution in [1.82, 2.24) is 5.32 Å². The quantitative estimate of drug-likeness (QED) is 0.680. The first-order valence-electron chi connectivity index (χ1n) is 8.34. The Kier molecular flexibility index (Phi) is 7.21. The number of carbonyl (C=O) groups is 2. The fourth-order valence-corrected chi connectivity index (χ4v) is 2.54. The molecule has 2 rings (SSSR count). The van der Waals surface area contributed by atoms with Gasteiger partial charge in [-0.25, -0.2) is 4.79 Å². The van der Waals surface area contributed by atoms with Crippen LogP contribution in [0.5, 0.6) is 5.75 Å². The Morgan fingerprint density at radius 2 is 1.62 bits per heavy atom. The van der Waals surface area contributed by atoms with Gasteiger partial charge in [-0.1, -0.05) is 28.1 Å². The fraction of sp³-hybridized carbons (Fsp3) is 0.300. The van der Waals surface area contributed by atoms with E-state index in [2.05, 4.69) is 21.2 Å². The number of ether oxygens (including phenoxy) is 2. The Bertz CT molecular complexity index is 741. The second-order valence-electron chi connectivity index (χ2n) is 6.11. The van der Waals surface area contributed by atoms with Crippen molar-refractivity contribution in [2.24, 2.45) is 0 Å². The van der Waals surface area contributed by atoms with Crippen LogP contribution in [-0.2, 0) is 9.53 Å². The van der Waals surface area contributed by atoms with Crippen LogP contribution in [0.4, 0.5) is 0 Å². The molecule has 0 bridgehead atoms. The number of rotatable bonds is 7. The van der Waals surface area contributed by atoms with Crippen LogP contribution in [0, 0.1) is 0 Å². The summed E-state index contributed by atoms with van der Waals surface area (Å²) in [5, 5.41) is 2.80. The van der Waals surface area contributed by atoms with Gasteiger partial charge in [0, 0.05) is 4.47 Å². The summed E-state index contributed by atoms with van der Waals surface area (Å²) in [6, 6.07) is 14.1. The number of esters is 1. The highest BCUT2D eigenvalue weighted by Gasteiger charge is 2.13. The molecule has 0 heterocycles. The number of benzene rings is 2. The maximum Gasteiger partial charge on any atom is 0.338 e. The number of hydrogen-bond donors (Lipinski definition) is 1. The first kappa shape index (κ1) is 20.0. The van der Waals surface area contributed by atoms with Crippen molar-refractivity contribution < 1.29 is 19.1 Å². The van der Waals surface area contributed by atoms with E-state index < -0.39 is 5.97 Å². The van der Waals surface area contributed by atoms with Gasteiger partial charge in [-0.05, 0) is 62.7 Å². The normalized spacial score (nSPS) is 11.7. The Hall–Kier alpha value is -2.34. The summed E-state index contributed by atoms with van der Waals surface area (Å²) in [6.45, 7) is 5.40. The molecule has 0 aliphatic heterocycles. The third-order valence-electron chi connectivity index (χ3n) is 3.54. The van der Waals surface area contributed by atoms with E-state index in [1.165, 1.54) is 0 Å². The minimum Gasteiger partial charge on any atom is -0.491 e. The summed E-state index contributed by atoms with van der Waals surface area (Å²) in [5.41, 5.74) is 1.34. The molecular weight excluding hydrogens is 398 g/mol. The molecule has 1 N–H and O–H groups in total. The molecule has 2 aromatic rings. The SMILES string of the molecule is CC(C)Oc1ccc(C(=O)OCC(=O)N[C@H](C)c2ccc(Br)cc2)cc1. The molecule has 1 amide bonds. The molecule has 1 atom stereocenters. The highest BCUT2D eigenvalue weighted by Crippen LogP contribution is 2.17. The second-order valence-corrected chi connectivity index (χ2v) is 7.02.